The van der Waals surface area contributed by atoms with Crippen molar-refractivity contribution in [3.05, 3.63) is 57.1 Å². The van der Waals surface area contributed by atoms with Gasteiger partial charge < -0.3 is 9.47 Å². The zero-order valence-corrected chi connectivity index (χ0v) is 14.2. The topological polar surface area (TPSA) is 74.5 Å². The molecule has 1 aromatic heterocycles. The number of ether oxygens (including phenoxy) is 2. The average Bonchev–Trinajstić information content (AvgIpc) is 3.01. The third-order valence-corrected chi connectivity index (χ3v) is 4.40. The number of methoxy groups -OCH3 is 1. The van der Waals surface area contributed by atoms with Crippen LogP contribution in [0.5, 0.6) is 11.5 Å². The van der Waals surface area contributed by atoms with Crippen molar-refractivity contribution >= 4 is 39.4 Å². The van der Waals surface area contributed by atoms with Gasteiger partial charge in [-0.1, -0.05) is 12.1 Å². The summed E-state index contributed by atoms with van der Waals surface area (Å²) < 4.78 is 35.1. The molecule has 3 rings (SSSR count). The van der Waals surface area contributed by atoms with Crippen molar-refractivity contribution in [2.45, 2.75) is 6.61 Å². The SMILES string of the molecule is COc1ccc(/C=C/c2nc3ccc([N+](=O)[O-])cc3s2)cc1OC(F)F. The predicted molar refractivity (Wildman–Crippen MR) is 94.8 cm³/mol. The molecule has 6 nitrogen and oxygen atoms in total. The molecule has 1 heterocycles. The van der Waals surface area contributed by atoms with E-state index in [4.69, 9.17) is 4.74 Å². The first-order valence-corrected chi connectivity index (χ1v) is 8.14. The van der Waals surface area contributed by atoms with Crippen LogP contribution in [0, 0.1) is 10.1 Å². The molecular formula is C17H12F2N2O4S. The van der Waals surface area contributed by atoms with E-state index in [2.05, 4.69) is 9.72 Å². The maximum absolute atomic E-state index is 12.5. The summed E-state index contributed by atoms with van der Waals surface area (Å²) in [5.41, 5.74) is 1.27. The number of halogens is 2. The molecular weight excluding hydrogens is 366 g/mol. The second kappa shape index (κ2) is 7.44. The largest absolute Gasteiger partial charge is 0.493 e. The van der Waals surface area contributed by atoms with E-state index in [1.54, 1.807) is 24.3 Å². The van der Waals surface area contributed by atoms with E-state index >= 15 is 0 Å². The molecule has 0 bridgehead atoms. The van der Waals surface area contributed by atoms with Gasteiger partial charge in [-0.2, -0.15) is 8.78 Å². The lowest BCUT2D eigenvalue weighted by molar-refractivity contribution is -0.384. The first kappa shape index (κ1) is 17.7. The van der Waals surface area contributed by atoms with E-state index in [0.29, 0.717) is 20.8 Å². The van der Waals surface area contributed by atoms with Gasteiger partial charge in [0.25, 0.3) is 5.69 Å². The van der Waals surface area contributed by atoms with Crippen molar-refractivity contribution in [3.8, 4) is 11.5 Å². The second-order valence-corrected chi connectivity index (χ2v) is 6.15. The number of hydrogen-bond donors (Lipinski definition) is 0. The summed E-state index contributed by atoms with van der Waals surface area (Å²) >= 11 is 1.29. The van der Waals surface area contributed by atoms with E-state index in [-0.39, 0.29) is 17.2 Å². The summed E-state index contributed by atoms with van der Waals surface area (Å²) in [5.74, 6) is 0.138. The van der Waals surface area contributed by atoms with Crippen molar-refractivity contribution < 1.29 is 23.2 Å². The molecule has 0 atom stereocenters. The lowest BCUT2D eigenvalue weighted by atomic mass is 10.2. The van der Waals surface area contributed by atoms with E-state index in [0.717, 1.165) is 0 Å². The number of aromatic nitrogens is 1. The Morgan fingerprint density at radius 1 is 1.19 bits per heavy atom. The molecule has 0 spiro atoms. The van der Waals surface area contributed by atoms with E-state index in [1.165, 1.54) is 42.7 Å². The Balaban J connectivity index is 1.87. The van der Waals surface area contributed by atoms with Crippen LogP contribution >= 0.6 is 11.3 Å². The Bertz CT molecular complexity index is 988. The quantitative estimate of drug-likeness (QED) is 0.446. The molecule has 0 amide bonds. The highest BCUT2D eigenvalue weighted by Crippen LogP contribution is 2.31. The summed E-state index contributed by atoms with van der Waals surface area (Å²) in [6, 6.07) is 9.09. The van der Waals surface area contributed by atoms with Crippen LogP contribution in [0.25, 0.3) is 22.4 Å². The summed E-state index contributed by atoms with van der Waals surface area (Å²) in [4.78, 5) is 14.7. The Labute approximate surface area is 150 Å². The van der Waals surface area contributed by atoms with E-state index in [1.807, 2.05) is 0 Å². The Morgan fingerprint density at radius 2 is 2.00 bits per heavy atom. The first-order chi connectivity index (χ1) is 12.5. The zero-order chi connectivity index (χ0) is 18.7. The number of fused-ring (bicyclic) bond motifs is 1. The lowest BCUT2D eigenvalue weighted by Crippen LogP contribution is -2.03. The molecule has 0 N–H and O–H groups in total. The summed E-state index contributed by atoms with van der Waals surface area (Å²) in [6.07, 6.45) is 3.38. The maximum Gasteiger partial charge on any atom is 0.387 e. The molecule has 0 saturated heterocycles. The Morgan fingerprint density at radius 3 is 2.69 bits per heavy atom. The van der Waals surface area contributed by atoms with Crippen molar-refractivity contribution in [1.29, 1.82) is 0 Å². The highest BCUT2D eigenvalue weighted by atomic mass is 32.1. The van der Waals surface area contributed by atoms with Gasteiger partial charge in [0.05, 0.1) is 22.2 Å². The monoisotopic (exact) mass is 378 g/mol. The number of hydrogen-bond acceptors (Lipinski definition) is 6. The van der Waals surface area contributed by atoms with E-state index in [9.17, 15) is 18.9 Å². The lowest BCUT2D eigenvalue weighted by Gasteiger charge is -2.10. The van der Waals surface area contributed by atoms with Crippen LogP contribution in [0.15, 0.2) is 36.4 Å². The van der Waals surface area contributed by atoms with Crippen LogP contribution in [0.3, 0.4) is 0 Å². The fraction of sp³-hybridized carbons (Fsp3) is 0.118. The molecule has 2 aromatic carbocycles. The number of nitrogens with zero attached hydrogens (tertiary/aromatic N) is 2. The van der Waals surface area contributed by atoms with Gasteiger partial charge in [-0.05, 0) is 29.8 Å². The number of nitro groups is 1. The van der Waals surface area contributed by atoms with Crippen LogP contribution in [-0.2, 0) is 0 Å². The molecule has 9 heteroatoms. The minimum atomic E-state index is -2.96. The van der Waals surface area contributed by atoms with Crippen molar-refractivity contribution in [2.75, 3.05) is 7.11 Å². The standard InChI is InChI=1S/C17H12F2N2O4S/c1-24-13-6-2-10(8-14(13)25-17(18)19)3-7-16-20-12-5-4-11(21(22)23)9-15(12)26-16/h2-9,17H,1H3/b7-3+. The molecule has 0 unspecified atom stereocenters. The fourth-order valence-corrected chi connectivity index (χ4v) is 3.17. The minimum absolute atomic E-state index is 0.000577. The molecule has 0 radical (unpaired) electrons. The first-order valence-electron chi connectivity index (χ1n) is 7.32. The van der Waals surface area contributed by atoms with Crippen LogP contribution in [0.4, 0.5) is 14.5 Å². The van der Waals surface area contributed by atoms with Gasteiger partial charge in [-0.15, -0.1) is 11.3 Å². The van der Waals surface area contributed by atoms with Crippen LogP contribution < -0.4 is 9.47 Å². The van der Waals surface area contributed by atoms with Crippen LogP contribution in [-0.4, -0.2) is 23.6 Å². The van der Waals surface area contributed by atoms with Gasteiger partial charge in [-0.3, -0.25) is 10.1 Å². The smallest absolute Gasteiger partial charge is 0.387 e. The van der Waals surface area contributed by atoms with Crippen molar-refractivity contribution in [3.63, 3.8) is 0 Å². The van der Waals surface area contributed by atoms with E-state index < -0.39 is 11.5 Å². The van der Waals surface area contributed by atoms with Crippen molar-refractivity contribution in [2.24, 2.45) is 0 Å². The maximum atomic E-state index is 12.5. The van der Waals surface area contributed by atoms with Crippen LogP contribution in [0.2, 0.25) is 0 Å². The van der Waals surface area contributed by atoms with Gasteiger partial charge >= 0.3 is 6.61 Å². The third-order valence-electron chi connectivity index (χ3n) is 3.42. The van der Waals surface area contributed by atoms with Gasteiger partial charge in [0.15, 0.2) is 11.5 Å². The Hall–Kier alpha value is -3.07. The molecule has 0 saturated carbocycles. The molecule has 0 aliphatic heterocycles. The highest BCUT2D eigenvalue weighted by molar-refractivity contribution is 7.19. The fourth-order valence-electron chi connectivity index (χ4n) is 2.27. The molecule has 134 valence electrons. The summed E-state index contributed by atoms with van der Waals surface area (Å²) in [5, 5.41) is 11.5. The number of benzene rings is 2. The summed E-state index contributed by atoms with van der Waals surface area (Å²) in [7, 11) is 1.36. The van der Waals surface area contributed by atoms with Crippen LogP contribution in [0.1, 0.15) is 10.6 Å². The summed E-state index contributed by atoms with van der Waals surface area (Å²) in [6.45, 7) is -2.96. The Kier molecular flexibility index (Phi) is 5.08. The minimum Gasteiger partial charge on any atom is -0.493 e. The van der Waals surface area contributed by atoms with Gasteiger partial charge in [-0.25, -0.2) is 4.98 Å². The van der Waals surface area contributed by atoms with Gasteiger partial charge in [0.2, 0.25) is 0 Å². The molecule has 0 fully saturated rings. The molecule has 3 aromatic rings. The number of thiazole rings is 1. The molecule has 26 heavy (non-hydrogen) atoms. The molecule has 0 aliphatic rings. The van der Waals surface area contributed by atoms with Gasteiger partial charge in [0, 0.05) is 12.1 Å². The number of rotatable bonds is 6. The normalized spacial score (nSPS) is 11.4. The zero-order valence-electron chi connectivity index (χ0n) is 13.4. The predicted octanol–water partition coefficient (Wildman–Crippen LogP) is 4.98. The highest BCUT2D eigenvalue weighted by Gasteiger charge is 2.11. The number of alkyl halides is 2. The molecule has 0 aliphatic carbocycles. The number of non-ortho nitro benzene ring substituents is 1. The third kappa shape index (κ3) is 3.94. The van der Waals surface area contributed by atoms with Crippen molar-refractivity contribution in [1.82, 2.24) is 4.98 Å². The van der Waals surface area contributed by atoms with Gasteiger partial charge in [0.1, 0.15) is 5.01 Å². The average molecular weight is 378 g/mol. The number of nitro benzene ring substituents is 1. The second-order valence-electron chi connectivity index (χ2n) is 5.08.